The number of benzene rings is 8. The summed E-state index contributed by atoms with van der Waals surface area (Å²) in [4.78, 5) is 15.3. The first-order valence-electron chi connectivity index (χ1n) is 18.4. The SMILES string of the molecule is c1ccc(-c2nc(-c3ccccc3)nc(-c3cc4cc(-n5c6ccccc6c6cc7sc8ccccc8c7cc65)ccc4c4oc5ccccc5c34)n2)cc1. The van der Waals surface area contributed by atoms with Gasteiger partial charge in [0.05, 0.1) is 11.0 Å². The van der Waals surface area contributed by atoms with Gasteiger partial charge in [0.15, 0.2) is 17.5 Å². The molecule has 55 heavy (non-hydrogen) atoms. The molecular formula is C49H28N4OS. The van der Waals surface area contributed by atoms with Crippen LogP contribution < -0.4 is 0 Å². The molecule has 256 valence electrons. The van der Waals surface area contributed by atoms with Crippen LogP contribution in [-0.4, -0.2) is 19.5 Å². The van der Waals surface area contributed by atoms with Crippen LogP contribution in [0.2, 0.25) is 0 Å². The van der Waals surface area contributed by atoms with Crippen LogP contribution in [0.25, 0.3) is 115 Å². The van der Waals surface area contributed by atoms with Gasteiger partial charge in [-0.3, -0.25) is 0 Å². The number of aromatic nitrogens is 4. The first-order chi connectivity index (χ1) is 27.2. The lowest BCUT2D eigenvalue weighted by Gasteiger charge is -2.12. The van der Waals surface area contributed by atoms with E-state index in [0.717, 1.165) is 55.1 Å². The van der Waals surface area contributed by atoms with E-state index < -0.39 is 0 Å². The summed E-state index contributed by atoms with van der Waals surface area (Å²) in [7, 11) is 0. The van der Waals surface area contributed by atoms with Gasteiger partial charge in [-0.2, -0.15) is 0 Å². The molecule has 4 heterocycles. The highest BCUT2D eigenvalue weighted by molar-refractivity contribution is 7.25. The molecule has 0 spiro atoms. The highest BCUT2D eigenvalue weighted by Gasteiger charge is 2.22. The number of nitrogens with zero attached hydrogens (tertiary/aromatic N) is 4. The lowest BCUT2D eigenvalue weighted by Crippen LogP contribution is -2.00. The van der Waals surface area contributed by atoms with Gasteiger partial charge in [0.2, 0.25) is 0 Å². The second-order valence-electron chi connectivity index (χ2n) is 14.0. The Morgan fingerprint density at radius 2 is 1.09 bits per heavy atom. The van der Waals surface area contributed by atoms with Crippen LogP contribution >= 0.6 is 11.3 Å². The maximum atomic E-state index is 6.73. The Hall–Kier alpha value is -7.15. The summed E-state index contributed by atoms with van der Waals surface area (Å²) in [5, 5.41) is 9.13. The minimum atomic E-state index is 0.597. The van der Waals surface area contributed by atoms with Crippen molar-refractivity contribution in [2.75, 3.05) is 0 Å². The van der Waals surface area contributed by atoms with E-state index in [9.17, 15) is 0 Å². The third-order valence-corrected chi connectivity index (χ3v) is 11.9. The van der Waals surface area contributed by atoms with Gasteiger partial charge in [0, 0.05) is 69.5 Å². The van der Waals surface area contributed by atoms with Gasteiger partial charge in [0.25, 0.3) is 0 Å². The first kappa shape index (κ1) is 30.3. The zero-order valence-electron chi connectivity index (χ0n) is 29.3. The van der Waals surface area contributed by atoms with E-state index >= 15 is 0 Å². The molecular weight excluding hydrogens is 693 g/mol. The molecule has 0 aliphatic heterocycles. The van der Waals surface area contributed by atoms with Crippen LogP contribution in [0.4, 0.5) is 0 Å². The standard InChI is InChI=1S/C49H28N4OS/c1-3-13-29(14-4-1)47-50-48(30-15-5-2-6-16-30)52-49(51-47)39-26-31-25-32(23-24-33(31)46-45(39)36-19-8-11-21-42(36)54-46)53-40-20-10-7-17-34(40)37-28-44-38(27-41(37)53)35-18-9-12-22-43(35)55-44/h1-28H. The predicted molar refractivity (Wildman–Crippen MR) is 228 cm³/mol. The highest BCUT2D eigenvalue weighted by atomic mass is 32.1. The van der Waals surface area contributed by atoms with E-state index in [1.807, 2.05) is 84.1 Å². The Morgan fingerprint density at radius 3 is 1.87 bits per heavy atom. The minimum absolute atomic E-state index is 0.597. The summed E-state index contributed by atoms with van der Waals surface area (Å²) >= 11 is 1.86. The molecule has 12 aromatic rings. The molecule has 0 N–H and O–H groups in total. The van der Waals surface area contributed by atoms with Crippen molar-refractivity contribution >= 4 is 86.0 Å². The minimum Gasteiger partial charge on any atom is -0.455 e. The topological polar surface area (TPSA) is 56.7 Å². The highest BCUT2D eigenvalue weighted by Crippen LogP contribution is 2.44. The van der Waals surface area contributed by atoms with Gasteiger partial charge in [-0.1, -0.05) is 115 Å². The van der Waals surface area contributed by atoms with Gasteiger partial charge in [-0.05, 0) is 60.0 Å². The molecule has 0 aliphatic rings. The largest absolute Gasteiger partial charge is 0.455 e. The fourth-order valence-electron chi connectivity index (χ4n) is 8.32. The monoisotopic (exact) mass is 720 g/mol. The van der Waals surface area contributed by atoms with Crippen molar-refractivity contribution in [3.8, 4) is 39.9 Å². The van der Waals surface area contributed by atoms with Crippen LogP contribution in [0, 0.1) is 0 Å². The van der Waals surface area contributed by atoms with E-state index in [2.05, 4.69) is 102 Å². The van der Waals surface area contributed by atoms with Crippen molar-refractivity contribution in [1.29, 1.82) is 0 Å². The number of hydrogen-bond donors (Lipinski definition) is 0. The molecule has 0 atom stereocenters. The summed E-state index contributed by atoms with van der Waals surface area (Å²) in [5.41, 5.74) is 7.82. The van der Waals surface area contributed by atoms with Gasteiger partial charge in [-0.25, -0.2) is 15.0 Å². The number of fused-ring (bicyclic) bond motifs is 11. The number of furan rings is 1. The molecule has 6 heteroatoms. The molecule has 0 unspecified atom stereocenters. The van der Waals surface area contributed by atoms with Crippen LogP contribution in [0.15, 0.2) is 174 Å². The average molecular weight is 721 g/mol. The molecule has 8 aromatic carbocycles. The second-order valence-corrected chi connectivity index (χ2v) is 15.1. The molecule has 0 saturated carbocycles. The predicted octanol–water partition coefficient (Wildman–Crippen LogP) is 13.4. The molecule has 0 fully saturated rings. The summed E-state index contributed by atoms with van der Waals surface area (Å²) in [6.45, 7) is 0. The molecule has 0 aliphatic carbocycles. The lowest BCUT2D eigenvalue weighted by atomic mass is 9.99. The Labute approximate surface area is 318 Å². The average Bonchev–Trinajstić information content (AvgIpc) is 3.92. The maximum absolute atomic E-state index is 6.73. The van der Waals surface area contributed by atoms with E-state index in [1.54, 1.807) is 0 Å². The summed E-state index contributed by atoms with van der Waals surface area (Å²) in [6.07, 6.45) is 0. The smallest absolute Gasteiger partial charge is 0.164 e. The van der Waals surface area contributed by atoms with E-state index in [-0.39, 0.29) is 0 Å². The molecule has 0 saturated heterocycles. The quantitative estimate of drug-likeness (QED) is 0.182. The third kappa shape index (κ3) is 4.62. The van der Waals surface area contributed by atoms with Crippen molar-refractivity contribution < 1.29 is 4.42 Å². The summed E-state index contributed by atoms with van der Waals surface area (Å²) in [6, 6.07) is 59.6. The second kappa shape index (κ2) is 11.7. The molecule has 12 rings (SSSR count). The van der Waals surface area contributed by atoms with Crippen LogP contribution in [0.3, 0.4) is 0 Å². The van der Waals surface area contributed by atoms with Crippen molar-refractivity contribution in [3.63, 3.8) is 0 Å². The van der Waals surface area contributed by atoms with E-state index in [1.165, 1.54) is 42.0 Å². The van der Waals surface area contributed by atoms with Crippen LogP contribution in [0.5, 0.6) is 0 Å². The van der Waals surface area contributed by atoms with Crippen molar-refractivity contribution in [2.45, 2.75) is 0 Å². The zero-order valence-corrected chi connectivity index (χ0v) is 30.1. The summed E-state index contributed by atoms with van der Waals surface area (Å²) < 4.78 is 11.7. The maximum Gasteiger partial charge on any atom is 0.164 e. The van der Waals surface area contributed by atoms with Gasteiger partial charge in [-0.15, -0.1) is 11.3 Å². The molecule has 0 bridgehead atoms. The van der Waals surface area contributed by atoms with Crippen molar-refractivity contribution in [2.24, 2.45) is 0 Å². The summed E-state index contributed by atoms with van der Waals surface area (Å²) in [5.74, 6) is 1.84. The molecule has 4 aromatic heterocycles. The van der Waals surface area contributed by atoms with Crippen molar-refractivity contribution in [3.05, 3.63) is 170 Å². The van der Waals surface area contributed by atoms with E-state index in [4.69, 9.17) is 19.4 Å². The third-order valence-electron chi connectivity index (χ3n) is 10.8. The van der Waals surface area contributed by atoms with Gasteiger partial charge >= 0.3 is 0 Å². The number of thiophene rings is 1. The van der Waals surface area contributed by atoms with E-state index in [0.29, 0.717) is 17.5 Å². The first-order valence-corrected chi connectivity index (χ1v) is 19.2. The van der Waals surface area contributed by atoms with Crippen LogP contribution in [-0.2, 0) is 0 Å². The number of hydrogen-bond acceptors (Lipinski definition) is 5. The van der Waals surface area contributed by atoms with Crippen LogP contribution in [0.1, 0.15) is 0 Å². The molecule has 5 nitrogen and oxygen atoms in total. The van der Waals surface area contributed by atoms with Crippen molar-refractivity contribution in [1.82, 2.24) is 19.5 Å². The fourth-order valence-corrected chi connectivity index (χ4v) is 9.44. The Morgan fingerprint density at radius 1 is 0.436 bits per heavy atom. The number of rotatable bonds is 4. The number of para-hydroxylation sites is 2. The Balaban J connectivity index is 1.16. The van der Waals surface area contributed by atoms with Gasteiger partial charge in [0.1, 0.15) is 11.2 Å². The Kier molecular flexibility index (Phi) is 6.44. The Bertz CT molecular complexity index is 3430. The fraction of sp³-hybridized carbons (Fsp3) is 0. The molecule has 0 radical (unpaired) electrons. The molecule has 0 amide bonds. The zero-order chi connectivity index (χ0) is 36.0. The normalized spacial score (nSPS) is 12.0. The van der Waals surface area contributed by atoms with Gasteiger partial charge < -0.3 is 8.98 Å². The lowest BCUT2D eigenvalue weighted by molar-refractivity contribution is 0.672.